The number of amides is 1. The minimum Gasteiger partial charge on any atom is -0.497 e. The Balaban J connectivity index is 1.61. The molecule has 0 aliphatic heterocycles. The Morgan fingerprint density at radius 2 is 2.00 bits per heavy atom. The molecule has 0 fully saturated rings. The summed E-state index contributed by atoms with van der Waals surface area (Å²) < 4.78 is 12.4. The number of benzene rings is 2. The molecule has 4 rings (SSSR count). The van der Waals surface area contributed by atoms with E-state index >= 15 is 0 Å². The predicted octanol–water partition coefficient (Wildman–Crippen LogP) is 4.26. The van der Waals surface area contributed by atoms with Gasteiger partial charge in [0.25, 0.3) is 5.91 Å². The second-order valence-electron chi connectivity index (χ2n) is 6.66. The highest BCUT2D eigenvalue weighted by Gasteiger charge is 2.23. The monoisotopic (exact) mass is 422 g/mol. The van der Waals surface area contributed by atoms with Crippen molar-refractivity contribution in [1.29, 1.82) is 0 Å². The molecule has 0 saturated carbocycles. The molecular formula is C22H19ClN4O3. The van der Waals surface area contributed by atoms with Gasteiger partial charge in [-0.2, -0.15) is 0 Å². The zero-order chi connectivity index (χ0) is 21.1. The topological polar surface area (TPSA) is 82.2 Å². The van der Waals surface area contributed by atoms with Crippen LogP contribution in [0.5, 0.6) is 5.75 Å². The van der Waals surface area contributed by atoms with Crippen LogP contribution >= 0.6 is 11.6 Å². The largest absolute Gasteiger partial charge is 0.497 e. The molecule has 0 spiro atoms. The van der Waals surface area contributed by atoms with E-state index in [9.17, 15) is 4.79 Å². The van der Waals surface area contributed by atoms with Gasteiger partial charge in [0.05, 0.1) is 7.11 Å². The minimum atomic E-state index is -0.477. The Bertz CT molecular complexity index is 1170. The van der Waals surface area contributed by atoms with Crippen molar-refractivity contribution in [2.75, 3.05) is 7.11 Å². The summed E-state index contributed by atoms with van der Waals surface area (Å²) in [6.45, 7) is 0. The molecule has 1 atom stereocenters. The van der Waals surface area contributed by atoms with Gasteiger partial charge < -0.3 is 19.1 Å². The summed E-state index contributed by atoms with van der Waals surface area (Å²) in [5, 5.41) is 7.49. The highest BCUT2D eigenvalue weighted by atomic mass is 35.5. The maximum Gasteiger partial charge on any atom is 0.274 e. The number of nitrogens with zero attached hydrogens (tertiary/aromatic N) is 3. The number of carbonyl (C=O) groups excluding carboxylic acids is 1. The van der Waals surface area contributed by atoms with Crippen LogP contribution in [-0.2, 0) is 7.05 Å². The van der Waals surface area contributed by atoms with E-state index < -0.39 is 6.04 Å². The van der Waals surface area contributed by atoms with Crippen molar-refractivity contribution in [2.24, 2.45) is 7.05 Å². The molecule has 2 heterocycles. The van der Waals surface area contributed by atoms with E-state index in [0.717, 1.165) is 16.9 Å². The van der Waals surface area contributed by atoms with Crippen LogP contribution in [0.2, 0.25) is 5.02 Å². The van der Waals surface area contributed by atoms with E-state index in [1.54, 1.807) is 37.6 Å². The van der Waals surface area contributed by atoms with Gasteiger partial charge in [0.2, 0.25) is 0 Å². The smallest absolute Gasteiger partial charge is 0.274 e. The van der Waals surface area contributed by atoms with Crippen LogP contribution in [0.25, 0.3) is 11.3 Å². The van der Waals surface area contributed by atoms with E-state index in [-0.39, 0.29) is 11.6 Å². The van der Waals surface area contributed by atoms with Crippen LogP contribution < -0.4 is 10.1 Å². The first-order valence-corrected chi connectivity index (χ1v) is 9.57. The lowest BCUT2D eigenvalue weighted by Crippen LogP contribution is -2.31. The molecule has 0 radical (unpaired) electrons. The van der Waals surface area contributed by atoms with Gasteiger partial charge in [0.1, 0.15) is 17.6 Å². The molecule has 4 aromatic rings. The molecule has 0 aliphatic carbocycles. The van der Waals surface area contributed by atoms with Gasteiger partial charge in [-0.1, -0.05) is 41.0 Å². The summed E-state index contributed by atoms with van der Waals surface area (Å²) in [7, 11) is 3.48. The number of aromatic nitrogens is 3. The average Bonchev–Trinajstić information content (AvgIpc) is 3.41. The van der Waals surface area contributed by atoms with E-state index in [1.807, 2.05) is 48.1 Å². The van der Waals surface area contributed by atoms with Crippen LogP contribution in [-0.4, -0.2) is 27.7 Å². The van der Waals surface area contributed by atoms with Crippen molar-refractivity contribution in [3.63, 3.8) is 0 Å². The highest BCUT2D eigenvalue weighted by molar-refractivity contribution is 6.30. The van der Waals surface area contributed by atoms with E-state index in [0.29, 0.717) is 16.6 Å². The van der Waals surface area contributed by atoms with Gasteiger partial charge in [-0.25, -0.2) is 4.98 Å². The zero-order valence-corrected chi connectivity index (χ0v) is 17.1. The first kappa shape index (κ1) is 19.7. The maximum atomic E-state index is 12.9. The first-order valence-electron chi connectivity index (χ1n) is 9.20. The Labute approximate surface area is 178 Å². The van der Waals surface area contributed by atoms with E-state index in [4.69, 9.17) is 20.9 Å². The molecule has 0 bridgehead atoms. The molecule has 152 valence electrons. The zero-order valence-electron chi connectivity index (χ0n) is 16.4. The third-order valence-electron chi connectivity index (χ3n) is 4.69. The van der Waals surface area contributed by atoms with Gasteiger partial charge in [0.15, 0.2) is 11.5 Å². The molecule has 2 aromatic carbocycles. The molecule has 0 aliphatic rings. The lowest BCUT2D eigenvalue weighted by molar-refractivity contribution is 0.0932. The number of nitrogens with one attached hydrogen (secondary N) is 1. The number of imidazole rings is 1. The van der Waals surface area contributed by atoms with Crippen molar-refractivity contribution in [1.82, 2.24) is 20.0 Å². The van der Waals surface area contributed by atoms with Crippen molar-refractivity contribution < 1.29 is 14.1 Å². The number of rotatable bonds is 6. The molecule has 1 amide bonds. The molecule has 8 heteroatoms. The number of hydrogen-bond acceptors (Lipinski definition) is 5. The van der Waals surface area contributed by atoms with Gasteiger partial charge in [-0.15, -0.1) is 0 Å². The molecule has 1 unspecified atom stereocenters. The molecule has 0 saturated heterocycles. The standard InChI is InChI=1S/C22H19ClN4O3/c1-27-11-10-24-21(27)20(14-6-8-17(29-2)9-7-14)25-22(28)18-13-19(30-26-18)15-4-3-5-16(23)12-15/h3-13,20H,1-2H3,(H,25,28). The molecule has 7 nitrogen and oxygen atoms in total. The minimum absolute atomic E-state index is 0.165. The fourth-order valence-electron chi connectivity index (χ4n) is 3.11. The number of aryl methyl sites for hydroxylation is 1. The normalized spacial score (nSPS) is 11.8. The van der Waals surface area contributed by atoms with Crippen LogP contribution in [0.15, 0.2) is 71.5 Å². The van der Waals surface area contributed by atoms with Crippen LogP contribution in [0.3, 0.4) is 0 Å². The number of ether oxygens (including phenoxy) is 1. The van der Waals surface area contributed by atoms with Gasteiger partial charge in [-0.3, -0.25) is 4.79 Å². The third-order valence-corrected chi connectivity index (χ3v) is 4.93. The lowest BCUT2D eigenvalue weighted by Gasteiger charge is -2.18. The molecule has 2 aromatic heterocycles. The first-order chi connectivity index (χ1) is 14.5. The SMILES string of the molecule is COc1ccc(C(NC(=O)c2cc(-c3cccc(Cl)c3)on2)c2nccn2C)cc1. The Morgan fingerprint density at radius 1 is 1.20 bits per heavy atom. The van der Waals surface area contributed by atoms with Crippen molar-refractivity contribution in [2.45, 2.75) is 6.04 Å². The Hall–Kier alpha value is -3.58. The van der Waals surface area contributed by atoms with Crippen LogP contribution in [0.1, 0.15) is 27.9 Å². The summed E-state index contributed by atoms with van der Waals surface area (Å²) in [5.41, 5.74) is 1.76. The van der Waals surface area contributed by atoms with Crippen molar-refractivity contribution in [3.05, 3.63) is 89.1 Å². The van der Waals surface area contributed by atoms with Crippen LogP contribution in [0.4, 0.5) is 0 Å². The second kappa shape index (κ2) is 8.42. The maximum absolute atomic E-state index is 12.9. The van der Waals surface area contributed by atoms with Gasteiger partial charge >= 0.3 is 0 Å². The number of hydrogen-bond donors (Lipinski definition) is 1. The van der Waals surface area contributed by atoms with Crippen molar-refractivity contribution in [3.8, 4) is 17.1 Å². The highest BCUT2D eigenvalue weighted by Crippen LogP contribution is 2.26. The third kappa shape index (κ3) is 4.06. The summed E-state index contributed by atoms with van der Waals surface area (Å²) in [5.74, 6) is 1.50. The fourth-order valence-corrected chi connectivity index (χ4v) is 3.30. The summed E-state index contributed by atoms with van der Waals surface area (Å²) in [6, 6.07) is 15.7. The summed E-state index contributed by atoms with van der Waals surface area (Å²) >= 11 is 6.03. The van der Waals surface area contributed by atoms with Gasteiger partial charge in [0, 0.05) is 36.1 Å². The molecular weight excluding hydrogens is 404 g/mol. The lowest BCUT2D eigenvalue weighted by atomic mass is 10.1. The average molecular weight is 423 g/mol. The fraction of sp³-hybridized carbons (Fsp3) is 0.136. The quantitative estimate of drug-likeness (QED) is 0.502. The predicted molar refractivity (Wildman–Crippen MR) is 112 cm³/mol. The van der Waals surface area contributed by atoms with E-state index in [1.165, 1.54) is 0 Å². The Kier molecular flexibility index (Phi) is 5.54. The second-order valence-corrected chi connectivity index (χ2v) is 7.10. The summed E-state index contributed by atoms with van der Waals surface area (Å²) in [6.07, 6.45) is 3.51. The van der Waals surface area contributed by atoms with Crippen LogP contribution in [0, 0.1) is 0 Å². The number of halogens is 1. The Morgan fingerprint density at radius 3 is 2.67 bits per heavy atom. The van der Waals surface area contributed by atoms with Gasteiger partial charge in [-0.05, 0) is 29.8 Å². The molecule has 30 heavy (non-hydrogen) atoms. The number of carbonyl (C=O) groups is 1. The van der Waals surface area contributed by atoms with E-state index in [2.05, 4.69) is 15.5 Å². The van der Waals surface area contributed by atoms with Crippen molar-refractivity contribution >= 4 is 17.5 Å². The number of methoxy groups -OCH3 is 1. The summed E-state index contributed by atoms with van der Waals surface area (Å²) in [4.78, 5) is 17.4. The molecule has 1 N–H and O–H groups in total.